The molecule has 0 heterocycles. The average molecular weight is 394 g/mol. The van der Waals surface area contributed by atoms with Crippen molar-refractivity contribution in [2.75, 3.05) is 13.2 Å². The van der Waals surface area contributed by atoms with Crippen molar-refractivity contribution in [1.82, 2.24) is 5.32 Å². The first kappa shape index (κ1) is 20.2. The maximum atomic E-state index is 12.4. The Hall–Kier alpha value is -3.51. The minimum atomic E-state index is -1.26. The van der Waals surface area contributed by atoms with Gasteiger partial charge in [-0.1, -0.05) is 67.5 Å². The lowest BCUT2D eigenvalue weighted by Crippen LogP contribution is -2.51. The summed E-state index contributed by atoms with van der Waals surface area (Å²) < 4.78 is 5.40. The van der Waals surface area contributed by atoms with Gasteiger partial charge in [0.25, 0.3) is 0 Å². The number of hydrogen-bond acceptors (Lipinski definition) is 4. The summed E-state index contributed by atoms with van der Waals surface area (Å²) in [4.78, 5) is 26.6. The Morgan fingerprint density at radius 1 is 1.17 bits per heavy atom. The number of carboxylic acid groups (broad SMARTS) is 1. The number of ether oxygens (including phenoxy) is 1. The summed E-state index contributed by atoms with van der Waals surface area (Å²) in [6.45, 7) is 3.21. The number of rotatable bonds is 7. The first-order valence-electron chi connectivity index (χ1n) is 9.20. The highest BCUT2D eigenvalue weighted by molar-refractivity contribution is 5.81. The highest BCUT2D eigenvalue weighted by Crippen LogP contribution is 2.44. The fourth-order valence-corrected chi connectivity index (χ4v) is 3.65. The molecular weight excluding hydrogens is 372 g/mol. The molecule has 0 fully saturated rings. The maximum Gasteiger partial charge on any atom is 0.407 e. The minimum Gasteiger partial charge on any atom is -0.480 e. The van der Waals surface area contributed by atoms with E-state index >= 15 is 0 Å². The largest absolute Gasteiger partial charge is 0.480 e. The van der Waals surface area contributed by atoms with Gasteiger partial charge in [-0.2, -0.15) is 0 Å². The molecular formula is C21H22N4O4. The number of azide groups is 1. The molecule has 150 valence electrons. The van der Waals surface area contributed by atoms with Crippen molar-refractivity contribution in [3.63, 3.8) is 0 Å². The van der Waals surface area contributed by atoms with Gasteiger partial charge in [0, 0.05) is 22.8 Å². The summed E-state index contributed by atoms with van der Waals surface area (Å²) in [5, 5.41) is 15.3. The molecule has 1 aliphatic carbocycles. The van der Waals surface area contributed by atoms with Crippen LogP contribution in [0.15, 0.2) is 53.6 Å². The summed E-state index contributed by atoms with van der Waals surface area (Å²) in [7, 11) is 0. The summed E-state index contributed by atoms with van der Waals surface area (Å²) in [6.07, 6.45) is -0.826. The zero-order chi connectivity index (χ0) is 21.0. The molecule has 8 nitrogen and oxygen atoms in total. The molecule has 1 atom stereocenters. The molecule has 0 radical (unpaired) electrons. The van der Waals surface area contributed by atoms with Gasteiger partial charge in [-0.15, -0.1) is 0 Å². The third kappa shape index (κ3) is 4.17. The van der Waals surface area contributed by atoms with Crippen LogP contribution in [0, 0.1) is 5.41 Å². The fourth-order valence-electron chi connectivity index (χ4n) is 3.65. The Morgan fingerprint density at radius 2 is 1.72 bits per heavy atom. The zero-order valence-electron chi connectivity index (χ0n) is 16.2. The van der Waals surface area contributed by atoms with Crippen LogP contribution < -0.4 is 5.32 Å². The standard InChI is InChI=1S/C21H22N4O4/c1-21(2,12-23-25-22)18(19(26)27)24-20(28)29-11-17-15-9-5-3-7-13(15)14-8-4-6-10-16(14)17/h3-10,17-18H,11-12H2,1-2H3,(H,24,28)(H,26,27)/t18-/m1/s1. The SMILES string of the molecule is CC(C)(CN=[N+]=[N-])[C@H](NC(=O)OCC1c2ccccc2-c2ccccc21)C(=O)O. The van der Waals surface area contributed by atoms with Gasteiger partial charge >= 0.3 is 12.1 Å². The lowest BCUT2D eigenvalue weighted by Gasteiger charge is -2.30. The summed E-state index contributed by atoms with van der Waals surface area (Å²) in [6, 6.07) is 14.6. The number of nitrogens with zero attached hydrogens (tertiary/aromatic N) is 3. The summed E-state index contributed by atoms with van der Waals surface area (Å²) in [5.41, 5.74) is 11.9. The lowest BCUT2D eigenvalue weighted by molar-refractivity contribution is -0.142. The van der Waals surface area contributed by atoms with Gasteiger partial charge in [0.15, 0.2) is 0 Å². The molecule has 0 saturated carbocycles. The van der Waals surface area contributed by atoms with E-state index in [1.807, 2.05) is 48.5 Å². The number of benzene rings is 2. The number of carbonyl (C=O) groups excluding carboxylic acids is 1. The normalized spacial score (nSPS) is 13.6. The first-order valence-corrected chi connectivity index (χ1v) is 9.20. The second-order valence-electron chi connectivity index (χ2n) is 7.62. The second-order valence-corrected chi connectivity index (χ2v) is 7.62. The van der Waals surface area contributed by atoms with Gasteiger partial charge in [-0.3, -0.25) is 0 Å². The Morgan fingerprint density at radius 3 is 2.24 bits per heavy atom. The third-order valence-corrected chi connectivity index (χ3v) is 5.18. The Balaban J connectivity index is 1.72. The van der Waals surface area contributed by atoms with Crippen LogP contribution in [0.5, 0.6) is 0 Å². The van der Waals surface area contributed by atoms with Crippen molar-refractivity contribution in [1.29, 1.82) is 0 Å². The number of nitrogens with one attached hydrogen (secondary N) is 1. The molecule has 2 N–H and O–H groups in total. The molecule has 3 rings (SSSR count). The van der Waals surface area contributed by atoms with Gasteiger partial charge in [0.2, 0.25) is 0 Å². The van der Waals surface area contributed by atoms with E-state index in [2.05, 4.69) is 15.3 Å². The molecule has 0 spiro atoms. The average Bonchev–Trinajstić information content (AvgIpc) is 3.02. The van der Waals surface area contributed by atoms with Crippen LogP contribution >= 0.6 is 0 Å². The van der Waals surface area contributed by atoms with E-state index in [9.17, 15) is 14.7 Å². The van der Waals surface area contributed by atoms with Crippen molar-refractivity contribution < 1.29 is 19.4 Å². The molecule has 2 aromatic carbocycles. The zero-order valence-corrected chi connectivity index (χ0v) is 16.2. The molecule has 1 aliphatic rings. The smallest absolute Gasteiger partial charge is 0.407 e. The topological polar surface area (TPSA) is 124 Å². The fraction of sp³-hybridized carbons (Fsp3) is 0.333. The number of carbonyl (C=O) groups is 2. The van der Waals surface area contributed by atoms with Gasteiger partial charge < -0.3 is 15.2 Å². The molecule has 0 aliphatic heterocycles. The minimum absolute atomic E-state index is 0.0792. The summed E-state index contributed by atoms with van der Waals surface area (Å²) in [5.74, 6) is -1.34. The van der Waals surface area contributed by atoms with E-state index in [-0.39, 0.29) is 19.1 Å². The molecule has 0 bridgehead atoms. The number of alkyl carbamates (subject to hydrolysis) is 1. The van der Waals surface area contributed by atoms with Crippen LogP contribution in [0.25, 0.3) is 21.6 Å². The lowest BCUT2D eigenvalue weighted by atomic mass is 9.84. The number of amides is 1. The van der Waals surface area contributed by atoms with E-state index in [1.165, 1.54) is 0 Å². The maximum absolute atomic E-state index is 12.4. The molecule has 8 heteroatoms. The van der Waals surface area contributed by atoms with Gasteiger partial charge in [0.1, 0.15) is 12.6 Å². The van der Waals surface area contributed by atoms with E-state index in [0.717, 1.165) is 22.3 Å². The highest BCUT2D eigenvalue weighted by Gasteiger charge is 2.37. The van der Waals surface area contributed by atoms with Crippen LogP contribution in [-0.4, -0.2) is 36.4 Å². The molecule has 0 unspecified atom stereocenters. The quantitative estimate of drug-likeness (QED) is 0.412. The van der Waals surface area contributed by atoms with Crippen LogP contribution in [0.3, 0.4) is 0 Å². The highest BCUT2D eigenvalue weighted by atomic mass is 16.5. The first-order chi connectivity index (χ1) is 13.8. The monoisotopic (exact) mass is 394 g/mol. The van der Waals surface area contributed by atoms with Crippen molar-refractivity contribution in [3.05, 3.63) is 70.1 Å². The van der Waals surface area contributed by atoms with Gasteiger partial charge in [0.05, 0.1) is 0 Å². The molecule has 0 saturated heterocycles. The Bertz CT molecular complexity index is 937. The van der Waals surface area contributed by atoms with Crippen molar-refractivity contribution >= 4 is 12.1 Å². The van der Waals surface area contributed by atoms with Crippen molar-refractivity contribution in [3.8, 4) is 11.1 Å². The molecule has 1 amide bonds. The number of aliphatic carboxylic acids is 1. The number of fused-ring (bicyclic) bond motifs is 3. The Kier molecular flexibility index (Phi) is 5.75. The van der Waals surface area contributed by atoms with E-state index in [4.69, 9.17) is 10.3 Å². The van der Waals surface area contributed by atoms with Gasteiger partial charge in [-0.25, -0.2) is 9.59 Å². The summed E-state index contributed by atoms with van der Waals surface area (Å²) >= 11 is 0. The Labute approximate surface area is 168 Å². The third-order valence-electron chi connectivity index (χ3n) is 5.18. The predicted molar refractivity (Wildman–Crippen MR) is 107 cm³/mol. The van der Waals surface area contributed by atoms with Gasteiger partial charge in [-0.05, 0) is 27.8 Å². The number of carboxylic acids is 1. The van der Waals surface area contributed by atoms with Crippen molar-refractivity contribution in [2.24, 2.45) is 10.5 Å². The molecule has 0 aromatic heterocycles. The number of hydrogen-bond donors (Lipinski definition) is 2. The predicted octanol–water partition coefficient (Wildman–Crippen LogP) is 4.31. The van der Waals surface area contributed by atoms with E-state index < -0.39 is 23.5 Å². The van der Waals surface area contributed by atoms with Crippen molar-refractivity contribution in [2.45, 2.75) is 25.8 Å². The van der Waals surface area contributed by atoms with E-state index in [0.29, 0.717) is 0 Å². The van der Waals surface area contributed by atoms with Crippen LogP contribution in [0.2, 0.25) is 0 Å². The van der Waals surface area contributed by atoms with Crippen LogP contribution in [0.4, 0.5) is 4.79 Å². The van der Waals surface area contributed by atoms with Crippen LogP contribution in [0.1, 0.15) is 30.9 Å². The molecule has 29 heavy (non-hydrogen) atoms. The van der Waals surface area contributed by atoms with Crippen LogP contribution in [-0.2, 0) is 9.53 Å². The molecule has 2 aromatic rings. The second kappa shape index (κ2) is 8.24. The van der Waals surface area contributed by atoms with E-state index in [1.54, 1.807) is 13.8 Å².